The van der Waals surface area contributed by atoms with Crippen molar-refractivity contribution >= 4 is 17.5 Å². The third kappa shape index (κ3) is 5.13. The fourth-order valence-electron chi connectivity index (χ4n) is 3.67. The Morgan fingerprint density at radius 3 is 2.62 bits per heavy atom. The molecule has 29 heavy (non-hydrogen) atoms. The van der Waals surface area contributed by atoms with E-state index in [4.69, 9.17) is 18.9 Å². The lowest BCUT2D eigenvalue weighted by Gasteiger charge is -2.26. The highest BCUT2D eigenvalue weighted by molar-refractivity contribution is 6.22. The van der Waals surface area contributed by atoms with E-state index < -0.39 is 29.6 Å². The minimum Gasteiger partial charge on any atom is -0.497 e. The minimum absolute atomic E-state index is 0.0842. The van der Waals surface area contributed by atoms with Gasteiger partial charge in [0, 0.05) is 31.1 Å². The van der Waals surface area contributed by atoms with Crippen LogP contribution >= 0.6 is 0 Å². The first-order chi connectivity index (χ1) is 14.0. The Bertz CT molecular complexity index is 757. The summed E-state index contributed by atoms with van der Waals surface area (Å²) in [7, 11) is 3.02. The topological polar surface area (TPSA) is 91.4 Å². The van der Waals surface area contributed by atoms with Crippen LogP contribution in [0, 0.1) is 5.92 Å². The van der Waals surface area contributed by atoms with Crippen molar-refractivity contribution in [2.75, 3.05) is 47.1 Å². The maximum absolute atomic E-state index is 12.7. The van der Waals surface area contributed by atoms with Gasteiger partial charge >= 0.3 is 5.97 Å². The van der Waals surface area contributed by atoms with Gasteiger partial charge in [0.15, 0.2) is 23.6 Å². The Hall–Kier alpha value is -2.45. The molecule has 1 aromatic carbocycles. The van der Waals surface area contributed by atoms with E-state index in [1.165, 1.54) is 14.2 Å². The zero-order valence-electron chi connectivity index (χ0n) is 16.8. The van der Waals surface area contributed by atoms with Gasteiger partial charge in [-0.2, -0.15) is 0 Å². The summed E-state index contributed by atoms with van der Waals surface area (Å²) in [5.74, 6) is -1.94. The van der Waals surface area contributed by atoms with Gasteiger partial charge in [-0.3, -0.25) is 19.3 Å². The van der Waals surface area contributed by atoms with Crippen LogP contribution < -0.4 is 9.47 Å². The smallest absolute Gasteiger partial charge is 0.325 e. The van der Waals surface area contributed by atoms with Gasteiger partial charge in [-0.15, -0.1) is 0 Å². The van der Waals surface area contributed by atoms with Crippen molar-refractivity contribution in [1.82, 2.24) is 4.90 Å². The molecule has 2 atom stereocenters. The first-order valence-electron chi connectivity index (χ1n) is 9.81. The summed E-state index contributed by atoms with van der Waals surface area (Å²) in [4.78, 5) is 39.8. The number of ether oxygens (including phenoxy) is 4. The quantitative estimate of drug-likeness (QED) is 0.445. The number of carbonyl (C=O) groups is 3. The molecule has 2 fully saturated rings. The normalized spacial score (nSPS) is 22.4. The number of hydrogen-bond acceptors (Lipinski definition) is 8. The van der Waals surface area contributed by atoms with E-state index in [0.29, 0.717) is 36.7 Å². The molecule has 8 heteroatoms. The maximum atomic E-state index is 12.7. The molecule has 158 valence electrons. The highest BCUT2D eigenvalue weighted by Crippen LogP contribution is 2.28. The summed E-state index contributed by atoms with van der Waals surface area (Å²) < 4.78 is 21.0. The zero-order chi connectivity index (χ0) is 20.8. The highest BCUT2D eigenvalue weighted by atomic mass is 16.6. The first kappa shape index (κ1) is 21.3. The van der Waals surface area contributed by atoms with Crippen LogP contribution in [0.15, 0.2) is 18.2 Å². The molecule has 0 amide bonds. The van der Waals surface area contributed by atoms with Crippen LogP contribution in [0.25, 0.3) is 0 Å². The van der Waals surface area contributed by atoms with Gasteiger partial charge < -0.3 is 18.9 Å². The number of morpholine rings is 1. The lowest BCUT2D eigenvalue weighted by Crippen LogP contribution is -2.37. The van der Waals surface area contributed by atoms with E-state index in [2.05, 4.69) is 4.90 Å². The van der Waals surface area contributed by atoms with Crippen molar-refractivity contribution in [1.29, 1.82) is 0 Å². The molecule has 2 saturated heterocycles. The molecule has 0 bridgehead atoms. The van der Waals surface area contributed by atoms with Gasteiger partial charge in [0.1, 0.15) is 11.5 Å². The summed E-state index contributed by atoms with van der Waals surface area (Å²) in [6.45, 7) is 3.96. The monoisotopic (exact) mass is 405 g/mol. The number of cyclic esters (lactones) is 1. The van der Waals surface area contributed by atoms with E-state index in [1.54, 1.807) is 18.2 Å². The Morgan fingerprint density at radius 2 is 1.93 bits per heavy atom. The molecule has 2 aliphatic heterocycles. The number of ketones is 2. The van der Waals surface area contributed by atoms with Crippen LogP contribution in [0.3, 0.4) is 0 Å². The maximum Gasteiger partial charge on any atom is 0.325 e. The Labute approximate surface area is 170 Å². The molecule has 3 rings (SSSR count). The standard InChI is InChI=1S/C21H27NO7/c1-26-15-6-5-14(18(13-15)27-2)12-16(23)19-20(24)17(29-21(19)25)4-3-7-22-8-10-28-11-9-22/h5-6,13,17,19H,3-4,7-12H2,1-2H3. The number of rotatable bonds is 9. The third-order valence-electron chi connectivity index (χ3n) is 5.32. The van der Waals surface area contributed by atoms with E-state index >= 15 is 0 Å². The average molecular weight is 405 g/mol. The predicted octanol–water partition coefficient (Wildman–Crippen LogP) is 1.04. The Balaban J connectivity index is 1.56. The molecule has 0 radical (unpaired) electrons. The SMILES string of the molecule is COc1ccc(CC(=O)C2C(=O)OC(CCCN3CCOCC3)C2=O)c(OC)c1. The average Bonchev–Trinajstić information content (AvgIpc) is 3.02. The summed E-state index contributed by atoms with van der Waals surface area (Å²) in [6, 6.07) is 5.06. The fourth-order valence-corrected chi connectivity index (χ4v) is 3.67. The number of benzene rings is 1. The van der Waals surface area contributed by atoms with Crippen molar-refractivity contribution in [3.63, 3.8) is 0 Å². The Kier molecular flexibility index (Phi) is 7.22. The molecule has 0 saturated carbocycles. The fraction of sp³-hybridized carbons (Fsp3) is 0.571. The number of carbonyl (C=O) groups excluding carboxylic acids is 3. The van der Waals surface area contributed by atoms with Gasteiger partial charge in [0.2, 0.25) is 0 Å². The van der Waals surface area contributed by atoms with Crippen molar-refractivity contribution < 1.29 is 33.3 Å². The summed E-state index contributed by atoms with van der Waals surface area (Å²) in [5, 5.41) is 0. The Morgan fingerprint density at radius 1 is 1.17 bits per heavy atom. The third-order valence-corrected chi connectivity index (χ3v) is 5.32. The van der Waals surface area contributed by atoms with Crippen LogP contribution in [-0.4, -0.2) is 75.6 Å². The van der Waals surface area contributed by atoms with Gasteiger partial charge in [0.25, 0.3) is 0 Å². The second-order valence-corrected chi connectivity index (χ2v) is 7.18. The lowest BCUT2D eigenvalue weighted by atomic mass is 9.92. The largest absolute Gasteiger partial charge is 0.497 e. The van der Waals surface area contributed by atoms with E-state index in [1.807, 2.05) is 0 Å². The molecule has 2 heterocycles. The van der Waals surface area contributed by atoms with Gasteiger partial charge in [-0.1, -0.05) is 6.07 Å². The molecule has 0 aromatic heterocycles. The zero-order valence-corrected chi connectivity index (χ0v) is 16.8. The summed E-state index contributed by atoms with van der Waals surface area (Å²) >= 11 is 0. The lowest BCUT2D eigenvalue weighted by molar-refractivity contribution is -0.146. The minimum atomic E-state index is -1.35. The van der Waals surface area contributed by atoms with Crippen molar-refractivity contribution in [3.8, 4) is 11.5 Å². The van der Waals surface area contributed by atoms with Gasteiger partial charge in [-0.25, -0.2) is 0 Å². The van der Waals surface area contributed by atoms with Crippen molar-refractivity contribution in [2.45, 2.75) is 25.4 Å². The van der Waals surface area contributed by atoms with Gasteiger partial charge in [-0.05, 0) is 25.5 Å². The highest BCUT2D eigenvalue weighted by Gasteiger charge is 2.47. The van der Waals surface area contributed by atoms with Crippen LogP contribution in [0.1, 0.15) is 18.4 Å². The summed E-state index contributed by atoms with van der Waals surface area (Å²) in [6.07, 6.45) is 0.225. The van der Waals surface area contributed by atoms with Crippen LogP contribution in [0.5, 0.6) is 11.5 Å². The second kappa shape index (κ2) is 9.84. The number of nitrogens with zero attached hydrogens (tertiary/aromatic N) is 1. The van der Waals surface area contributed by atoms with E-state index in [0.717, 1.165) is 26.1 Å². The molecule has 1 aromatic rings. The summed E-state index contributed by atoms with van der Waals surface area (Å²) in [5.41, 5.74) is 0.592. The number of Topliss-reactive ketones (excluding diaryl/α,β-unsaturated/α-hetero) is 2. The number of hydrogen-bond donors (Lipinski definition) is 0. The van der Waals surface area contributed by atoms with Crippen LogP contribution in [0.2, 0.25) is 0 Å². The van der Waals surface area contributed by atoms with E-state index in [9.17, 15) is 14.4 Å². The molecule has 2 unspecified atom stereocenters. The number of methoxy groups -OCH3 is 2. The van der Waals surface area contributed by atoms with Crippen molar-refractivity contribution in [3.05, 3.63) is 23.8 Å². The molecular weight excluding hydrogens is 378 g/mol. The predicted molar refractivity (Wildman–Crippen MR) is 103 cm³/mol. The molecule has 0 N–H and O–H groups in total. The molecule has 2 aliphatic rings. The molecule has 0 aliphatic carbocycles. The number of esters is 1. The molecule has 0 spiro atoms. The van der Waals surface area contributed by atoms with Crippen molar-refractivity contribution in [2.24, 2.45) is 5.92 Å². The second-order valence-electron chi connectivity index (χ2n) is 7.18. The van der Waals surface area contributed by atoms with E-state index in [-0.39, 0.29) is 6.42 Å². The van der Waals surface area contributed by atoms with Crippen LogP contribution in [-0.2, 0) is 30.3 Å². The first-order valence-corrected chi connectivity index (χ1v) is 9.81. The van der Waals surface area contributed by atoms with Crippen LogP contribution in [0.4, 0.5) is 0 Å². The molecule has 8 nitrogen and oxygen atoms in total. The molecular formula is C21H27NO7. The van der Waals surface area contributed by atoms with Gasteiger partial charge in [0.05, 0.1) is 27.4 Å².